The molecule has 35 heavy (non-hydrogen) atoms. The van der Waals surface area contributed by atoms with Crippen LogP contribution in [0.4, 0.5) is 11.4 Å². The number of nitrogens with one attached hydrogen (secondary N) is 1. The molecule has 1 amide bonds. The van der Waals surface area contributed by atoms with Gasteiger partial charge in [0.1, 0.15) is 18.1 Å². The second-order valence-electron chi connectivity index (χ2n) is 8.01. The summed E-state index contributed by atoms with van der Waals surface area (Å²) in [6, 6.07) is 15.2. The Balaban J connectivity index is 1.42. The van der Waals surface area contributed by atoms with Crippen molar-refractivity contribution in [2.45, 2.75) is 33.9 Å². The third-order valence-electron chi connectivity index (χ3n) is 5.58. The largest absolute Gasteiger partial charge is 0.484 e. The van der Waals surface area contributed by atoms with Crippen molar-refractivity contribution >= 4 is 28.9 Å². The van der Waals surface area contributed by atoms with Crippen LogP contribution in [0, 0.1) is 30.9 Å². The minimum absolute atomic E-state index is 0.00275. The molecule has 0 spiro atoms. The number of carbonyl (C=O) groups is 1. The maximum absolute atomic E-state index is 12.8. The van der Waals surface area contributed by atoms with E-state index in [1.54, 1.807) is 12.1 Å². The van der Waals surface area contributed by atoms with Gasteiger partial charge in [-0.2, -0.15) is 5.10 Å². The topological polar surface area (TPSA) is 112 Å². The molecular weight excluding hydrogens is 472 g/mol. The number of hydrogen-bond donors (Lipinski definition) is 1. The fourth-order valence-corrected chi connectivity index (χ4v) is 3.83. The van der Waals surface area contributed by atoms with Gasteiger partial charge in [-0.3, -0.25) is 19.6 Å². The fourth-order valence-electron chi connectivity index (χ4n) is 3.60. The number of anilines is 1. The van der Waals surface area contributed by atoms with Gasteiger partial charge in [0.2, 0.25) is 0 Å². The number of nitro groups is 1. The van der Waals surface area contributed by atoms with E-state index in [2.05, 4.69) is 29.5 Å². The number of ether oxygens (including phenoxy) is 1. The fraction of sp³-hybridized carbons (Fsp3) is 0.200. The number of nitro benzene ring substituents is 1. The monoisotopic (exact) mass is 494 g/mol. The second kappa shape index (κ2) is 10.0. The molecule has 4 aromatic rings. The van der Waals surface area contributed by atoms with Crippen LogP contribution in [0.25, 0.3) is 0 Å². The lowest BCUT2D eigenvalue weighted by atomic mass is 10.1. The number of non-ortho nitro benzene ring substituents is 1. The zero-order valence-corrected chi connectivity index (χ0v) is 20.1. The van der Waals surface area contributed by atoms with E-state index in [0.717, 1.165) is 11.3 Å². The first-order chi connectivity index (χ1) is 16.7. The molecule has 180 valence electrons. The van der Waals surface area contributed by atoms with Crippen LogP contribution in [0.2, 0.25) is 5.02 Å². The minimum atomic E-state index is -0.539. The minimum Gasteiger partial charge on any atom is -0.484 e. The van der Waals surface area contributed by atoms with E-state index in [1.165, 1.54) is 23.8 Å². The molecule has 9 nitrogen and oxygen atoms in total. The van der Waals surface area contributed by atoms with E-state index in [0.29, 0.717) is 23.7 Å². The number of halogens is 1. The van der Waals surface area contributed by atoms with E-state index >= 15 is 0 Å². The lowest BCUT2D eigenvalue weighted by Gasteiger charge is -2.08. The Bertz CT molecular complexity index is 1410. The van der Waals surface area contributed by atoms with Crippen LogP contribution in [0.1, 0.15) is 38.8 Å². The average Bonchev–Trinajstić information content (AvgIpc) is 3.40. The summed E-state index contributed by atoms with van der Waals surface area (Å²) in [5.74, 6) is 0.371. The van der Waals surface area contributed by atoms with E-state index < -0.39 is 10.8 Å². The molecule has 0 saturated carbocycles. The lowest BCUT2D eigenvalue weighted by molar-refractivity contribution is -0.384. The zero-order chi connectivity index (χ0) is 25.1. The molecule has 0 saturated heterocycles. The molecule has 0 bridgehead atoms. The number of aryl methyl sites for hydroxylation is 2. The predicted octanol–water partition coefficient (Wildman–Crippen LogP) is 5.84. The summed E-state index contributed by atoms with van der Waals surface area (Å²) >= 11 is 6.04. The third kappa shape index (κ3) is 5.36. The molecule has 2 aromatic heterocycles. The van der Waals surface area contributed by atoms with Crippen LogP contribution in [-0.4, -0.2) is 20.6 Å². The van der Waals surface area contributed by atoms with Crippen molar-refractivity contribution in [3.8, 4) is 5.75 Å². The second-order valence-corrected chi connectivity index (χ2v) is 8.42. The van der Waals surface area contributed by atoms with Crippen LogP contribution in [-0.2, 0) is 13.2 Å². The molecule has 0 atom stereocenters. The number of amides is 1. The standard InChI is InChI=1S/C25H23ClN4O5/c1-15-6-4-5-7-18(15)13-29-17(3)24(16(2)28-29)27-25(31)23-11-9-20(35-23)14-34-22-10-8-19(30(32)33)12-21(22)26/h4-12H,13-14H2,1-3H3,(H,27,31). The molecule has 1 N–H and O–H groups in total. The van der Waals surface area contributed by atoms with Gasteiger partial charge >= 0.3 is 0 Å². The highest BCUT2D eigenvalue weighted by molar-refractivity contribution is 6.32. The van der Waals surface area contributed by atoms with Crippen LogP contribution in [0.15, 0.2) is 59.0 Å². The highest BCUT2D eigenvalue weighted by Gasteiger charge is 2.18. The Morgan fingerprint density at radius 3 is 2.66 bits per heavy atom. The quantitative estimate of drug-likeness (QED) is 0.243. The maximum Gasteiger partial charge on any atom is 0.291 e. The summed E-state index contributed by atoms with van der Waals surface area (Å²) < 4.78 is 13.1. The number of rotatable bonds is 8. The molecule has 0 unspecified atom stereocenters. The SMILES string of the molecule is Cc1ccccc1Cn1nc(C)c(NC(=O)c2ccc(COc3ccc([N+](=O)[O-])cc3Cl)o2)c1C. The van der Waals surface area contributed by atoms with E-state index in [9.17, 15) is 14.9 Å². The number of hydrogen-bond acceptors (Lipinski definition) is 6. The van der Waals surface area contributed by atoms with Gasteiger partial charge in [-0.05, 0) is 50.1 Å². The third-order valence-corrected chi connectivity index (χ3v) is 5.88. The molecule has 10 heteroatoms. The number of benzene rings is 2. The molecule has 2 heterocycles. The van der Waals surface area contributed by atoms with Crippen LogP contribution < -0.4 is 10.1 Å². The van der Waals surface area contributed by atoms with E-state index in [4.69, 9.17) is 20.8 Å². The van der Waals surface area contributed by atoms with Crippen molar-refractivity contribution in [3.05, 3.63) is 104 Å². The van der Waals surface area contributed by atoms with Crippen molar-refractivity contribution < 1.29 is 18.9 Å². The Labute approximate surface area is 206 Å². The van der Waals surface area contributed by atoms with Gasteiger partial charge in [0, 0.05) is 12.1 Å². The van der Waals surface area contributed by atoms with Crippen molar-refractivity contribution in [2.75, 3.05) is 5.32 Å². The Kier molecular flexibility index (Phi) is 6.88. The van der Waals surface area contributed by atoms with Crippen LogP contribution in [0.3, 0.4) is 0 Å². The van der Waals surface area contributed by atoms with Gasteiger partial charge in [0.15, 0.2) is 5.76 Å². The Hall–Kier alpha value is -4.11. The molecular formula is C25H23ClN4O5. The first-order valence-corrected chi connectivity index (χ1v) is 11.2. The number of aromatic nitrogens is 2. The highest BCUT2D eigenvalue weighted by Crippen LogP contribution is 2.29. The van der Waals surface area contributed by atoms with Gasteiger partial charge in [-0.15, -0.1) is 0 Å². The molecule has 0 radical (unpaired) electrons. The summed E-state index contributed by atoms with van der Waals surface area (Å²) in [5, 5.41) is 18.4. The summed E-state index contributed by atoms with van der Waals surface area (Å²) in [7, 11) is 0. The maximum atomic E-state index is 12.8. The van der Waals surface area contributed by atoms with Crippen molar-refractivity contribution in [1.29, 1.82) is 0 Å². The summed E-state index contributed by atoms with van der Waals surface area (Å²) in [4.78, 5) is 23.1. The summed E-state index contributed by atoms with van der Waals surface area (Å²) in [5.41, 5.74) is 4.36. The van der Waals surface area contributed by atoms with Gasteiger partial charge in [0.25, 0.3) is 11.6 Å². The van der Waals surface area contributed by atoms with E-state index in [1.807, 2.05) is 30.7 Å². The van der Waals surface area contributed by atoms with Gasteiger partial charge in [-0.25, -0.2) is 0 Å². The molecule has 0 aliphatic carbocycles. The smallest absolute Gasteiger partial charge is 0.291 e. The molecule has 0 fully saturated rings. The van der Waals surface area contributed by atoms with Crippen molar-refractivity contribution in [3.63, 3.8) is 0 Å². The van der Waals surface area contributed by atoms with E-state index in [-0.39, 0.29) is 28.8 Å². The first-order valence-electron chi connectivity index (χ1n) is 10.8. The average molecular weight is 495 g/mol. The number of nitrogens with zero attached hydrogens (tertiary/aromatic N) is 3. The van der Waals surface area contributed by atoms with Crippen molar-refractivity contribution in [2.24, 2.45) is 0 Å². The molecule has 0 aliphatic heterocycles. The summed E-state index contributed by atoms with van der Waals surface area (Å²) in [6.07, 6.45) is 0. The van der Waals surface area contributed by atoms with Gasteiger partial charge in [0.05, 0.1) is 33.6 Å². The van der Waals surface area contributed by atoms with Crippen LogP contribution in [0.5, 0.6) is 5.75 Å². The number of carbonyl (C=O) groups excluding carboxylic acids is 1. The normalized spacial score (nSPS) is 10.9. The first kappa shape index (κ1) is 24.0. The predicted molar refractivity (Wildman–Crippen MR) is 131 cm³/mol. The van der Waals surface area contributed by atoms with Gasteiger partial charge < -0.3 is 14.5 Å². The summed E-state index contributed by atoms with van der Waals surface area (Å²) in [6.45, 7) is 6.40. The van der Waals surface area contributed by atoms with Crippen LogP contribution >= 0.6 is 11.6 Å². The Morgan fingerprint density at radius 2 is 1.94 bits per heavy atom. The van der Waals surface area contributed by atoms with Crippen molar-refractivity contribution in [1.82, 2.24) is 9.78 Å². The molecule has 4 rings (SSSR count). The molecule has 0 aliphatic rings. The lowest BCUT2D eigenvalue weighted by Crippen LogP contribution is -2.12. The zero-order valence-electron chi connectivity index (χ0n) is 19.4. The molecule has 2 aromatic carbocycles. The number of furan rings is 1. The highest BCUT2D eigenvalue weighted by atomic mass is 35.5. The Morgan fingerprint density at radius 1 is 1.17 bits per heavy atom. The van der Waals surface area contributed by atoms with Gasteiger partial charge in [-0.1, -0.05) is 35.9 Å².